The Hall–Kier alpha value is -4.00. The maximum Gasteiger partial charge on any atom is 0.266 e. The normalized spacial score (nSPS) is 10.7. The van der Waals surface area contributed by atoms with Crippen LogP contribution < -0.4 is 24.8 Å². The van der Waals surface area contributed by atoms with Crippen molar-refractivity contribution in [1.29, 1.82) is 5.26 Å². The number of methoxy groups -OCH3 is 2. The van der Waals surface area contributed by atoms with E-state index in [1.165, 1.54) is 20.3 Å². The molecular formula is C26H21BrClN3O5. The van der Waals surface area contributed by atoms with Gasteiger partial charge in [0.15, 0.2) is 18.1 Å². The van der Waals surface area contributed by atoms with Gasteiger partial charge in [-0.1, -0.05) is 29.8 Å². The number of hydrogen-bond acceptors (Lipinski definition) is 6. The highest BCUT2D eigenvalue weighted by Gasteiger charge is 2.16. The van der Waals surface area contributed by atoms with Crippen molar-refractivity contribution in [3.05, 3.63) is 81.3 Å². The van der Waals surface area contributed by atoms with E-state index in [-0.39, 0.29) is 17.9 Å². The standard InChI is InChI=1S/C26H21BrClN3O5/c1-34-22-9-4-3-8-21(22)31-24(32)15-36-25-20(27)11-16(12-23(25)35-2)10-17(14-29)26(33)30-19-7-5-6-18(28)13-19/h3-13H,15H2,1-2H3,(H,30,33)(H,31,32)/b17-10-. The van der Waals surface area contributed by atoms with Crippen LogP contribution in [0.25, 0.3) is 6.08 Å². The number of benzene rings is 3. The lowest BCUT2D eigenvalue weighted by Crippen LogP contribution is -2.20. The molecule has 3 aromatic rings. The second kappa shape index (κ2) is 12.6. The summed E-state index contributed by atoms with van der Waals surface area (Å²) in [6.45, 7) is -0.298. The van der Waals surface area contributed by atoms with Crippen LogP contribution in [-0.2, 0) is 9.59 Å². The number of rotatable bonds is 9. The minimum Gasteiger partial charge on any atom is -0.495 e. The molecule has 0 atom stereocenters. The number of nitriles is 1. The SMILES string of the molecule is COc1ccccc1NC(=O)COc1c(Br)cc(/C=C(/C#N)C(=O)Nc2cccc(Cl)c2)cc1OC. The van der Waals surface area contributed by atoms with Gasteiger partial charge >= 0.3 is 0 Å². The highest BCUT2D eigenvalue weighted by Crippen LogP contribution is 2.37. The lowest BCUT2D eigenvalue weighted by molar-refractivity contribution is -0.118. The molecule has 0 bridgehead atoms. The number of para-hydroxylation sites is 2. The first-order valence-electron chi connectivity index (χ1n) is 10.5. The third-order valence-electron chi connectivity index (χ3n) is 4.74. The minimum absolute atomic E-state index is 0.131. The number of amides is 2. The maximum absolute atomic E-state index is 12.6. The fraction of sp³-hybridized carbons (Fsp3) is 0.115. The summed E-state index contributed by atoms with van der Waals surface area (Å²) in [6.07, 6.45) is 1.41. The van der Waals surface area contributed by atoms with Gasteiger partial charge in [0, 0.05) is 10.7 Å². The highest BCUT2D eigenvalue weighted by atomic mass is 79.9. The van der Waals surface area contributed by atoms with Gasteiger partial charge in [-0.05, 0) is 70.0 Å². The Labute approximate surface area is 221 Å². The average molecular weight is 571 g/mol. The zero-order chi connectivity index (χ0) is 26.1. The summed E-state index contributed by atoms with van der Waals surface area (Å²) in [4.78, 5) is 25.0. The topological polar surface area (TPSA) is 110 Å². The van der Waals surface area contributed by atoms with Gasteiger partial charge in [-0.3, -0.25) is 9.59 Å². The number of ether oxygens (including phenoxy) is 3. The zero-order valence-corrected chi connectivity index (χ0v) is 21.6. The molecule has 3 aromatic carbocycles. The molecule has 0 spiro atoms. The smallest absolute Gasteiger partial charge is 0.266 e. The number of carbonyl (C=O) groups excluding carboxylic acids is 2. The summed E-state index contributed by atoms with van der Waals surface area (Å²) in [5.41, 5.74) is 1.35. The lowest BCUT2D eigenvalue weighted by Gasteiger charge is -2.14. The molecule has 0 saturated heterocycles. The minimum atomic E-state index is -0.594. The van der Waals surface area contributed by atoms with Crippen molar-refractivity contribution in [1.82, 2.24) is 0 Å². The zero-order valence-electron chi connectivity index (χ0n) is 19.3. The summed E-state index contributed by atoms with van der Waals surface area (Å²) < 4.78 is 16.8. The first-order chi connectivity index (χ1) is 17.3. The van der Waals surface area contributed by atoms with Crippen LogP contribution in [0.2, 0.25) is 5.02 Å². The maximum atomic E-state index is 12.6. The molecule has 2 amide bonds. The largest absolute Gasteiger partial charge is 0.495 e. The second-order valence-corrected chi connectivity index (χ2v) is 8.50. The van der Waals surface area contributed by atoms with E-state index in [1.54, 1.807) is 60.7 Å². The molecule has 8 nitrogen and oxygen atoms in total. The van der Waals surface area contributed by atoms with Crippen molar-refractivity contribution in [2.75, 3.05) is 31.5 Å². The van der Waals surface area contributed by atoms with Crippen LogP contribution in [-0.4, -0.2) is 32.6 Å². The number of hydrogen-bond donors (Lipinski definition) is 2. The Morgan fingerprint density at radius 2 is 1.78 bits per heavy atom. The number of carbonyl (C=O) groups is 2. The molecule has 3 rings (SSSR count). The van der Waals surface area contributed by atoms with Gasteiger partial charge in [-0.25, -0.2) is 0 Å². The van der Waals surface area contributed by atoms with Crippen molar-refractivity contribution in [2.45, 2.75) is 0 Å². The molecule has 36 heavy (non-hydrogen) atoms. The van der Waals surface area contributed by atoms with Crippen LogP contribution in [0.4, 0.5) is 11.4 Å². The van der Waals surface area contributed by atoms with Crippen molar-refractivity contribution in [2.24, 2.45) is 0 Å². The van der Waals surface area contributed by atoms with Crippen LogP contribution in [0, 0.1) is 11.3 Å². The quantitative estimate of drug-likeness (QED) is 0.253. The van der Waals surface area contributed by atoms with Gasteiger partial charge in [-0.15, -0.1) is 0 Å². The van der Waals surface area contributed by atoms with E-state index < -0.39 is 11.8 Å². The Kier molecular flexibility index (Phi) is 9.33. The van der Waals surface area contributed by atoms with Crippen LogP contribution in [0.1, 0.15) is 5.56 Å². The Bertz CT molecular complexity index is 1350. The predicted octanol–water partition coefficient (Wildman–Crippen LogP) is 5.68. The second-order valence-electron chi connectivity index (χ2n) is 7.21. The van der Waals surface area contributed by atoms with Crippen LogP contribution >= 0.6 is 27.5 Å². The fourth-order valence-corrected chi connectivity index (χ4v) is 3.88. The summed E-state index contributed by atoms with van der Waals surface area (Å²) in [5, 5.41) is 15.3. The molecule has 0 heterocycles. The molecule has 0 aliphatic heterocycles. The molecule has 0 aromatic heterocycles. The van der Waals surface area contributed by atoms with Gasteiger partial charge < -0.3 is 24.8 Å². The third-order valence-corrected chi connectivity index (χ3v) is 5.56. The monoisotopic (exact) mass is 569 g/mol. The van der Waals surface area contributed by atoms with Crippen LogP contribution in [0.5, 0.6) is 17.2 Å². The fourth-order valence-electron chi connectivity index (χ4n) is 3.12. The average Bonchev–Trinajstić information content (AvgIpc) is 2.86. The van der Waals surface area contributed by atoms with Crippen LogP contribution in [0.3, 0.4) is 0 Å². The van der Waals surface area contributed by atoms with Gasteiger partial charge in [-0.2, -0.15) is 5.26 Å². The molecule has 0 fully saturated rings. The molecule has 0 unspecified atom stereocenters. The summed E-state index contributed by atoms with van der Waals surface area (Å²) in [7, 11) is 2.95. The summed E-state index contributed by atoms with van der Waals surface area (Å²) >= 11 is 9.35. The lowest BCUT2D eigenvalue weighted by atomic mass is 10.1. The first-order valence-corrected chi connectivity index (χ1v) is 11.6. The number of nitrogens with one attached hydrogen (secondary N) is 2. The molecule has 0 aliphatic rings. The van der Waals surface area contributed by atoms with E-state index in [0.717, 1.165) is 0 Å². The van der Waals surface area contributed by atoms with Crippen molar-refractivity contribution in [3.63, 3.8) is 0 Å². The Morgan fingerprint density at radius 1 is 1.03 bits per heavy atom. The van der Waals surface area contributed by atoms with E-state index in [9.17, 15) is 14.9 Å². The third kappa shape index (κ3) is 7.01. The Morgan fingerprint density at radius 3 is 2.47 bits per heavy atom. The first kappa shape index (κ1) is 26.6. The number of anilines is 2. The molecule has 2 N–H and O–H groups in total. The number of halogens is 2. The van der Waals surface area contributed by atoms with Gasteiger partial charge in [0.05, 0.1) is 24.4 Å². The Balaban J connectivity index is 1.74. The molecule has 10 heteroatoms. The van der Waals surface area contributed by atoms with E-state index in [4.69, 9.17) is 25.8 Å². The van der Waals surface area contributed by atoms with E-state index in [0.29, 0.717) is 37.9 Å². The van der Waals surface area contributed by atoms with Crippen LogP contribution in [0.15, 0.2) is 70.7 Å². The molecule has 0 saturated carbocycles. The van der Waals surface area contributed by atoms with Crippen molar-refractivity contribution in [3.8, 4) is 23.3 Å². The van der Waals surface area contributed by atoms with Crippen molar-refractivity contribution >= 4 is 56.8 Å². The highest BCUT2D eigenvalue weighted by molar-refractivity contribution is 9.10. The molecule has 184 valence electrons. The number of nitrogens with zero attached hydrogens (tertiary/aromatic N) is 1. The predicted molar refractivity (Wildman–Crippen MR) is 141 cm³/mol. The summed E-state index contributed by atoms with van der Waals surface area (Å²) in [6, 6.07) is 18.7. The van der Waals surface area contributed by atoms with E-state index in [2.05, 4.69) is 26.6 Å². The van der Waals surface area contributed by atoms with Crippen molar-refractivity contribution < 1.29 is 23.8 Å². The van der Waals surface area contributed by atoms with E-state index >= 15 is 0 Å². The van der Waals surface area contributed by atoms with Gasteiger partial charge in [0.25, 0.3) is 11.8 Å². The summed E-state index contributed by atoms with van der Waals surface area (Å²) in [5.74, 6) is 0.110. The molecule has 0 radical (unpaired) electrons. The van der Waals surface area contributed by atoms with Gasteiger partial charge in [0.1, 0.15) is 17.4 Å². The molecule has 0 aliphatic carbocycles. The molecular weight excluding hydrogens is 550 g/mol. The van der Waals surface area contributed by atoms with E-state index in [1.807, 2.05) is 6.07 Å². The van der Waals surface area contributed by atoms with Gasteiger partial charge in [0.2, 0.25) is 0 Å².